The molecule has 0 bridgehead atoms. The first-order valence-corrected chi connectivity index (χ1v) is 44.9. The van der Waals surface area contributed by atoms with Gasteiger partial charge in [0.2, 0.25) is 0 Å². The van der Waals surface area contributed by atoms with Crippen LogP contribution in [0.3, 0.4) is 0 Å². The van der Waals surface area contributed by atoms with E-state index in [1.807, 2.05) is 277 Å². The van der Waals surface area contributed by atoms with Gasteiger partial charge in [-0.15, -0.1) is 0 Å². The van der Waals surface area contributed by atoms with Crippen LogP contribution in [0.1, 0.15) is 344 Å². The third kappa shape index (κ3) is 40.3. The van der Waals surface area contributed by atoms with Crippen LogP contribution in [0.25, 0.3) is 66.3 Å². The van der Waals surface area contributed by atoms with E-state index in [1.165, 1.54) is 133 Å². The zero-order chi connectivity index (χ0) is 87.7. The molecule has 0 spiro atoms. The minimum atomic E-state index is 1.10. The molecular formula is C109H179N. The molecule has 1 aromatic heterocycles. The smallest absolute Gasteiger partial charge is 0.0488 e. The number of aryl methyl sites for hydroxylation is 5. The summed E-state index contributed by atoms with van der Waals surface area (Å²) in [5.74, 6) is 0. The monoisotopic (exact) mass is 1500 g/mol. The Morgan fingerprint density at radius 2 is 0.455 bits per heavy atom. The maximum Gasteiger partial charge on any atom is 0.0488 e. The molecule has 0 N–H and O–H groups in total. The molecule has 10 aromatic carbocycles. The summed E-state index contributed by atoms with van der Waals surface area (Å²) < 4.78 is 2.24. The molecule has 0 saturated carbocycles. The van der Waals surface area contributed by atoms with Crippen molar-refractivity contribution in [3.63, 3.8) is 0 Å². The Kier molecular flexibility index (Phi) is 98.6. The van der Waals surface area contributed by atoms with Crippen molar-refractivity contribution in [1.82, 2.24) is 4.57 Å². The minimum absolute atomic E-state index is 1.10. The van der Waals surface area contributed by atoms with Crippen molar-refractivity contribution in [3.05, 3.63) is 285 Å². The summed E-state index contributed by atoms with van der Waals surface area (Å²) in [6.45, 7) is 88.7. The Morgan fingerprint density at radius 1 is 0.191 bits per heavy atom. The average Bonchev–Trinajstić information content (AvgIpc) is 1.64. The van der Waals surface area contributed by atoms with Crippen LogP contribution in [0.15, 0.2) is 218 Å². The molecule has 0 amide bonds. The highest BCUT2D eigenvalue weighted by atomic mass is 14.9. The van der Waals surface area contributed by atoms with E-state index in [0.717, 1.165) is 25.7 Å². The van der Waals surface area contributed by atoms with Crippen LogP contribution in [0.4, 0.5) is 0 Å². The van der Waals surface area contributed by atoms with Crippen LogP contribution >= 0.6 is 0 Å². The fraction of sp³-hybridized carbons (Fsp3) is 0.450. The van der Waals surface area contributed by atoms with Gasteiger partial charge in [0.1, 0.15) is 0 Å². The van der Waals surface area contributed by atoms with Gasteiger partial charge in [-0.3, -0.25) is 0 Å². The van der Waals surface area contributed by atoms with Gasteiger partial charge in [-0.05, 0) is 166 Å². The van der Waals surface area contributed by atoms with Crippen molar-refractivity contribution in [1.29, 1.82) is 0 Å². The standard InChI is InChI=1S/4C14H12.C13H11N.20C2H6/c1-10-5-4-7-12-9-11-6-2-3-8-13(11)14(10)12;1-10-5-4-8-13-12-7-3-2-6-11(12)9-14(10)13;1-10-6-7-14-12(8-10)9-11-4-2-3-5-13(11)14;1-10-6-7-12-9-11-4-2-3-5-13(11)14(12)8-10;1-14-12-8-4-2-6-10(12)11-7-3-5-9-13(11)14;20*1-2/h4*2-8H,9H2,1H3;2-9H,1H3;20*1-2H3. The first-order valence-electron chi connectivity index (χ1n) is 44.9. The fourth-order valence-electron chi connectivity index (χ4n) is 11.3. The van der Waals surface area contributed by atoms with E-state index >= 15 is 0 Å². The van der Waals surface area contributed by atoms with E-state index in [-0.39, 0.29) is 0 Å². The number of nitrogens with zero attached hydrogens (tertiary/aromatic N) is 1. The van der Waals surface area contributed by atoms with Crippen molar-refractivity contribution < 1.29 is 0 Å². The van der Waals surface area contributed by atoms with Crippen molar-refractivity contribution in [2.24, 2.45) is 7.05 Å². The van der Waals surface area contributed by atoms with E-state index in [0.29, 0.717) is 0 Å². The lowest BCUT2D eigenvalue weighted by molar-refractivity contribution is 1.01. The minimum Gasteiger partial charge on any atom is -0.344 e. The molecule has 4 aliphatic rings. The van der Waals surface area contributed by atoms with Crippen LogP contribution in [0.5, 0.6) is 0 Å². The second-order valence-electron chi connectivity index (χ2n) is 19.5. The number of para-hydroxylation sites is 2. The zero-order valence-electron chi connectivity index (χ0n) is 81.1. The van der Waals surface area contributed by atoms with Crippen molar-refractivity contribution in [2.45, 2.75) is 330 Å². The summed E-state index contributed by atoms with van der Waals surface area (Å²) in [5, 5.41) is 2.68. The van der Waals surface area contributed by atoms with E-state index in [4.69, 9.17) is 0 Å². The predicted octanol–water partition coefficient (Wildman–Crippen LogP) is 38.1. The molecule has 0 aliphatic heterocycles. The Bertz CT molecular complexity index is 3670. The molecule has 0 atom stereocenters. The Labute approximate surface area is 689 Å². The highest BCUT2D eigenvalue weighted by Gasteiger charge is 2.21. The lowest BCUT2D eigenvalue weighted by atomic mass is 10.0. The second-order valence-corrected chi connectivity index (χ2v) is 19.5. The fourth-order valence-corrected chi connectivity index (χ4v) is 11.3. The van der Waals surface area contributed by atoms with Gasteiger partial charge in [-0.25, -0.2) is 0 Å². The average molecular weight is 1500 g/mol. The molecule has 0 fully saturated rings. The highest BCUT2D eigenvalue weighted by Crippen LogP contribution is 2.41. The van der Waals surface area contributed by atoms with Crippen molar-refractivity contribution in [3.8, 4) is 44.5 Å². The van der Waals surface area contributed by atoms with Gasteiger partial charge in [-0.1, -0.05) is 494 Å². The Hall–Kier alpha value is -8.00. The molecule has 0 unspecified atom stereocenters. The third-order valence-corrected chi connectivity index (χ3v) is 14.8. The molecular weight excluding hydrogens is 1320 g/mol. The quantitative estimate of drug-likeness (QED) is 0.143. The van der Waals surface area contributed by atoms with Gasteiger partial charge < -0.3 is 4.57 Å². The van der Waals surface area contributed by atoms with Crippen LogP contribution in [-0.2, 0) is 32.7 Å². The molecule has 11 aromatic rings. The van der Waals surface area contributed by atoms with Crippen LogP contribution < -0.4 is 0 Å². The lowest BCUT2D eigenvalue weighted by Crippen LogP contribution is -1.84. The predicted molar refractivity (Wildman–Crippen MR) is 525 cm³/mol. The van der Waals surface area contributed by atoms with Crippen molar-refractivity contribution in [2.75, 3.05) is 0 Å². The number of rotatable bonds is 0. The van der Waals surface area contributed by atoms with E-state index in [2.05, 4.69) is 258 Å². The van der Waals surface area contributed by atoms with Crippen molar-refractivity contribution >= 4 is 21.8 Å². The molecule has 4 aliphatic carbocycles. The molecule has 15 rings (SSSR count). The molecule has 1 heterocycles. The molecule has 620 valence electrons. The third-order valence-electron chi connectivity index (χ3n) is 14.8. The van der Waals surface area contributed by atoms with Gasteiger partial charge in [0.05, 0.1) is 0 Å². The number of hydrogen-bond acceptors (Lipinski definition) is 0. The number of fused-ring (bicyclic) bond motifs is 15. The van der Waals surface area contributed by atoms with E-state index in [1.54, 1.807) is 0 Å². The summed E-state index contributed by atoms with van der Waals surface area (Å²) in [7, 11) is 2.12. The molecule has 110 heavy (non-hydrogen) atoms. The normalized spacial score (nSPS) is 8.81. The highest BCUT2D eigenvalue weighted by molar-refractivity contribution is 6.07. The first kappa shape index (κ1) is 123. The number of benzene rings is 10. The Balaban J connectivity index is -0.000000127. The lowest BCUT2D eigenvalue weighted by Gasteiger charge is -2.03. The maximum absolute atomic E-state index is 2.30. The van der Waals surface area contributed by atoms with Crippen LogP contribution in [0, 0.1) is 27.7 Å². The van der Waals surface area contributed by atoms with Gasteiger partial charge in [-0.2, -0.15) is 0 Å². The molecule has 0 saturated heterocycles. The summed E-state index contributed by atoms with van der Waals surface area (Å²) >= 11 is 0. The largest absolute Gasteiger partial charge is 0.344 e. The van der Waals surface area contributed by atoms with Gasteiger partial charge in [0.25, 0.3) is 0 Å². The molecule has 1 nitrogen and oxygen atoms in total. The van der Waals surface area contributed by atoms with Gasteiger partial charge >= 0.3 is 0 Å². The number of aromatic nitrogens is 1. The second kappa shape index (κ2) is 88.2. The molecule has 0 radical (unpaired) electrons. The summed E-state index contributed by atoms with van der Waals surface area (Å²) in [5.41, 5.74) is 31.4. The maximum atomic E-state index is 2.30. The van der Waals surface area contributed by atoms with E-state index < -0.39 is 0 Å². The summed E-state index contributed by atoms with van der Waals surface area (Å²) in [4.78, 5) is 0. The van der Waals surface area contributed by atoms with Crippen LogP contribution in [-0.4, -0.2) is 4.57 Å². The van der Waals surface area contributed by atoms with Crippen LogP contribution in [0.2, 0.25) is 0 Å². The first-order chi connectivity index (χ1) is 54.3. The summed E-state index contributed by atoms with van der Waals surface area (Å²) in [6, 6.07) is 78.5. The Morgan fingerprint density at radius 3 is 0.882 bits per heavy atom. The zero-order valence-corrected chi connectivity index (χ0v) is 81.1. The van der Waals surface area contributed by atoms with E-state index in [9.17, 15) is 0 Å². The van der Waals surface area contributed by atoms with Gasteiger partial charge in [0, 0.05) is 28.9 Å². The van der Waals surface area contributed by atoms with Gasteiger partial charge in [0.15, 0.2) is 0 Å². The molecule has 1 heteroatoms. The SMILES string of the molecule is CC.CC.CC.CC.CC.CC.CC.CC.CC.CC.CC.CC.CC.CC.CC.CC.CC.CC.CC.CC.Cc1ccc2c(c1)-c1ccccc1C2.Cc1ccc2c(c1)Cc1ccccc1-2.Cc1cccc2c1-c1ccccc1C2.Cc1cccc2c1Cc1ccccc1-2.Cn1c2ccccc2c2ccccc21. The topological polar surface area (TPSA) is 4.93 Å². The number of hydrogen-bond donors (Lipinski definition) is 0. The summed E-state index contributed by atoms with van der Waals surface area (Å²) in [6.07, 6.45) is 4.42.